The molecule has 1 aliphatic rings. The van der Waals surface area contributed by atoms with Crippen LogP contribution in [0.1, 0.15) is 13.3 Å². The third-order valence-corrected chi connectivity index (χ3v) is 5.09. The minimum Gasteiger partial charge on any atom is -0.326 e. The fourth-order valence-corrected chi connectivity index (χ4v) is 3.44. The highest BCUT2D eigenvalue weighted by molar-refractivity contribution is 7.89. The van der Waals surface area contributed by atoms with Gasteiger partial charge >= 0.3 is 0 Å². The molecule has 0 aromatic carbocycles. The molecular weight excluding hydrogens is 257 g/mol. The summed E-state index contributed by atoms with van der Waals surface area (Å²) >= 11 is 0. The molecule has 1 aliphatic heterocycles. The summed E-state index contributed by atoms with van der Waals surface area (Å²) < 4.78 is 39.2. The van der Waals surface area contributed by atoms with Crippen LogP contribution >= 0.6 is 0 Å². The number of hydrogen-bond acceptors (Lipinski definition) is 4. The highest BCUT2D eigenvalue weighted by Crippen LogP contribution is 2.23. The van der Waals surface area contributed by atoms with E-state index in [0.29, 0.717) is 13.0 Å². The van der Waals surface area contributed by atoms with Crippen molar-refractivity contribution in [3.05, 3.63) is 24.1 Å². The molecule has 18 heavy (non-hydrogen) atoms. The Bertz CT molecular complexity index is 535. The second-order valence-corrected chi connectivity index (χ2v) is 6.44. The first-order chi connectivity index (χ1) is 8.43. The number of piperidine rings is 1. The van der Waals surface area contributed by atoms with Gasteiger partial charge in [-0.1, -0.05) is 6.92 Å². The molecule has 2 rings (SSSR count). The van der Waals surface area contributed by atoms with Crippen molar-refractivity contribution in [2.75, 3.05) is 13.1 Å². The van der Waals surface area contributed by atoms with E-state index in [2.05, 4.69) is 4.98 Å². The fourth-order valence-electron chi connectivity index (χ4n) is 1.97. The van der Waals surface area contributed by atoms with Crippen molar-refractivity contribution >= 4 is 10.0 Å². The van der Waals surface area contributed by atoms with E-state index >= 15 is 0 Å². The van der Waals surface area contributed by atoms with Crippen LogP contribution in [0.3, 0.4) is 0 Å². The molecule has 0 aliphatic carbocycles. The molecule has 0 bridgehead atoms. The summed E-state index contributed by atoms with van der Waals surface area (Å²) in [5.41, 5.74) is 5.86. The van der Waals surface area contributed by atoms with Gasteiger partial charge in [0.25, 0.3) is 10.0 Å². The second-order valence-electron chi connectivity index (χ2n) is 4.58. The van der Waals surface area contributed by atoms with Gasteiger partial charge in [-0.25, -0.2) is 17.8 Å². The summed E-state index contributed by atoms with van der Waals surface area (Å²) in [5.74, 6) is -0.560. The molecule has 1 saturated heterocycles. The Balaban J connectivity index is 2.30. The van der Waals surface area contributed by atoms with Crippen LogP contribution in [0, 0.1) is 11.7 Å². The van der Waals surface area contributed by atoms with Crippen molar-refractivity contribution in [2.24, 2.45) is 11.7 Å². The minimum absolute atomic E-state index is 0.208. The Labute approximate surface area is 106 Å². The molecule has 0 spiro atoms. The summed E-state index contributed by atoms with van der Waals surface area (Å²) in [6.45, 7) is 2.54. The molecule has 100 valence electrons. The molecule has 0 radical (unpaired) electrons. The summed E-state index contributed by atoms with van der Waals surface area (Å²) in [6.07, 6.45) is 1.94. The largest absolute Gasteiger partial charge is 0.326 e. The molecular formula is C11H16FN3O2S. The number of hydrogen-bond donors (Lipinski definition) is 1. The zero-order valence-electron chi connectivity index (χ0n) is 10.1. The Morgan fingerprint density at radius 3 is 2.89 bits per heavy atom. The quantitative estimate of drug-likeness (QED) is 0.855. The van der Waals surface area contributed by atoms with E-state index in [-0.39, 0.29) is 18.5 Å². The van der Waals surface area contributed by atoms with Gasteiger partial charge in [0.05, 0.1) is 0 Å². The lowest BCUT2D eigenvalue weighted by molar-refractivity contribution is 0.251. The molecule has 2 atom stereocenters. The van der Waals surface area contributed by atoms with Crippen LogP contribution in [-0.2, 0) is 10.0 Å². The Hall–Kier alpha value is -1.05. The maximum atomic E-state index is 13.5. The molecule has 2 N–H and O–H groups in total. The zero-order valence-corrected chi connectivity index (χ0v) is 10.9. The first-order valence-electron chi connectivity index (χ1n) is 5.79. The summed E-state index contributed by atoms with van der Waals surface area (Å²) in [6, 6.07) is 2.23. The van der Waals surface area contributed by atoms with Gasteiger partial charge in [-0.3, -0.25) is 0 Å². The van der Waals surface area contributed by atoms with E-state index in [0.717, 1.165) is 6.07 Å². The van der Waals surface area contributed by atoms with Crippen molar-refractivity contribution in [3.63, 3.8) is 0 Å². The Kier molecular flexibility index (Phi) is 3.65. The van der Waals surface area contributed by atoms with Crippen molar-refractivity contribution in [2.45, 2.75) is 24.4 Å². The van der Waals surface area contributed by atoms with E-state index < -0.39 is 20.9 Å². The SMILES string of the molecule is CC1CCN(S(=O)(=O)c2ncccc2F)CC1N. The number of nitrogens with zero attached hydrogens (tertiary/aromatic N) is 2. The molecule has 1 aromatic heterocycles. The third kappa shape index (κ3) is 2.38. The number of nitrogens with two attached hydrogens (primary N) is 1. The van der Waals surface area contributed by atoms with Gasteiger partial charge in [-0.2, -0.15) is 4.31 Å². The van der Waals surface area contributed by atoms with E-state index in [1.54, 1.807) is 0 Å². The maximum Gasteiger partial charge on any atom is 0.263 e. The minimum atomic E-state index is -3.88. The van der Waals surface area contributed by atoms with Crippen LogP contribution < -0.4 is 5.73 Å². The Morgan fingerprint density at radius 1 is 1.56 bits per heavy atom. The molecule has 1 aromatic rings. The average molecular weight is 273 g/mol. The van der Waals surface area contributed by atoms with Crippen LogP contribution in [0.4, 0.5) is 4.39 Å². The fraction of sp³-hybridized carbons (Fsp3) is 0.545. The predicted molar refractivity (Wildman–Crippen MR) is 64.7 cm³/mol. The first-order valence-corrected chi connectivity index (χ1v) is 7.23. The predicted octanol–water partition coefficient (Wildman–Crippen LogP) is 0.579. The van der Waals surface area contributed by atoms with Crippen molar-refractivity contribution in [1.29, 1.82) is 0 Å². The number of pyridine rings is 1. The van der Waals surface area contributed by atoms with Gasteiger partial charge < -0.3 is 5.73 Å². The Morgan fingerprint density at radius 2 is 2.28 bits per heavy atom. The van der Waals surface area contributed by atoms with Crippen LogP contribution in [0.2, 0.25) is 0 Å². The van der Waals surface area contributed by atoms with Crippen LogP contribution in [-0.4, -0.2) is 36.8 Å². The molecule has 0 saturated carbocycles. The topological polar surface area (TPSA) is 76.3 Å². The average Bonchev–Trinajstić information content (AvgIpc) is 2.33. The summed E-state index contributed by atoms with van der Waals surface area (Å²) in [5, 5.41) is -0.522. The monoisotopic (exact) mass is 273 g/mol. The normalized spacial score (nSPS) is 26.2. The van der Waals surface area contributed by atoms with Gasteiger partial charge in [0, 0.05) is 25.3 Å². The van der Waals surface area contributed by atoms with Gasteiger partial charge in [0.1, 0.15) is 0 Å². The van der Waals surface area contributed by atoms with Crippen LogP contribution in [0.25, 0.3) is 0 Å². The lowest BCUT2D eigenvalue weighted by Crippen LogP contribution is -2.49. The molecule has 2 unspecified atom stereocenters. The number of halogens is 1. The summed E-state index contributed by atoms with van der Waals surface area (Å²) in [4.78, 5) is 3.62. The second kappa shape index (κ2) is 4.91. The number of sulfonamides is 1. The van der Waals surface area contributed by atoms with Crippen molar-refractivity contribution in [1.82, 2.24) is 9.29 Å². The highest BCUT2D eigenvalue weighted by Gasteiger charge is 2.34. The molecule has 5 nitrogen and oxygen atoms in total. The smallest absolute Gasteiger partial charge is 0.263 e. The molecule has 2 heterocycles. The van der Waals surface area contributed by atoms with E-state index in [1.807, 2.05) is 6.92 Å². The van der Waals surface area contributed by atoms with Crippen molar-refractivity contribution < 1.29 is 12.8 Å². The lowest BCUT2D eigenvalue weighted by atomic mass is 9.96. The van der Waals surface area contributed by atoms with E-state index in [4.69, 9.17) is 5.73 Å². The number of rotatable bonds is 2. The highest BCUT2D eigenvalue weighted by atomic mass is 32.2. The van der Waals surface area contributed by atoms with Crippen LogP contribution in [0.15, 0.2) is 23.4 Å². The first kappa shape index (κ1) is 13.4. The van der Waals surface area contributed by atoms with E-state index in [1.165, 1.54) is 16.6 Å². The molecule has 7 heteroatoms. The maximum absolute atomic E-state index is 13.5. The summed E-state index contributed by atoms with van der Waals surface area (Å²) in [7, 11) is -3.88. The van der Waals surface area contributed by atoms with E-state index in [9.17, 15) is 12.8 Å². The molecule has 0 amide bonds. The van der Waals surface area contributed by atoms with Gasteiger partial charge in [-0.05, 0) is 24.5 Å². The van der Waals surface area contributed by atoms with Gasteiger partial charge in [0.15, 0.2) is 5.82 Å². The third-order valence-electron chi connectivity index (χ3n) is 3.29. The van der Waals surface area contributed by atoms with Gasteiger partial charge in [0.2, 0.25) is 5.03 Å². The standard InChI is InChI=1S/C11H16FN3O2S/c1-8-4-6-15(7-10(8)13)18(16,17)11-9(12)3-2-5-14-11/h2-3,5,8,10H,4,6-7,13H2,1H3. The van der Waals surface area contributed by atoms with Gasteiger partial charge in [-0.15, -0.1) is 0 Å². The van der Waals surface area contributed by atoms with Crippen LogP contribution in [0.5, 0.6) is 0 Å². The molecule has 1 fully saturated rings. The van der Waals surface area contributed by atoms with Crippen molar-refractivity contribution in [3.8, 4) is 0 Å². The lowest BCUT2D eigenvalue weighted by Gasteiger charge is -2.33. The number of aromatic nitrogens is 1. The zero-order chi connectivity index (χ0) is 13.3.